The summed E-state index contributed by atoms with van der Waals surface area (Å²) in [5, 5.41) is 0. The number of benzene rings is 1. The van der Waals surface area contributed by atoms with E-state index in [-0.39, 0.29) is 17.6 Å². The highest BCUT2D eigenvalue weighted by atomic mass is 19.1. The first-order valence-electron chi connectivity index (χ1n) is 6.58. The van der Waals surface area contributed by atoms with E-state index >= 15 is 0 Å². The number of rotatable bonds is 5. The van der Waals surface area contributed by atoms with Crippen LogP contribution < -0.4 is 4.90 Å². The minimum atomic E-state index is -0.230. The number of nitrogens with zero attached hydrogens (tertiary/aromatic N) is 1. The van der Waals surface area contributed by atoms with Crippen LogP contribution in [0.1, 0.15) is 39.2 Å². The Hall–Kier alpha value is -1.38. The van der Waals surface area contributed by atoms with Gasteiger partial charge in [-0.3, -0.25) is 4.79 Å². The Balaban J connectivity index is 3.03. The molecule has 0 aliphatic heterocycles. The summed E-state index contributed by atoms with van der Waals surface area (Å²) in [5.41, 5.74) is 1.37. The lowest BCUT2D eigenvalue weighted by atomic mass is 10.1. The maximum Gasteiger partial charge on any atom is 0.229 e. The van der Waals surface area contributed by atoms with Crippen molar-refractivity contribution in [1.29, 1.82) is 0 Å². The molecule has 1 atom stereocenters. The molecule has 0 saturated carbocycles. The van der Waals surface area contributed by atoms with E-state index in [4.69, 9.17) is 0 Å². The lowest BCUT2D eigenvalue weighted by Gasteiger charge is -2.25. The highest BCUT2D eigenvalue weighted by Crippen LogP contribution is 2.21. The minimum absolute atomic E-state index is 0.00177. The molecule has 0 aliphatic carbocycles. The van der Waals surface area contributed by atoms with Crippen LogP contribution in [0.4, 0.5) is 10.1 Å². The fourth-order valence-electron chi connectivity index (χ4n) is 1.83. The Kier molecular flexibility index (Phi) is 5.32. The van der Waals surface area contributed by atoms with Crippen LogP contribution in [-0.2, 0) is 4.79 Å². The molecule has 1 amide bonds. The lowest BCUT2D eigenvalue weighted by Crippen LogP contribution is -2.35. The van der Waals surface area contributed by atoms with Crippen LogP contribution in [0.3, 0.4) is 0 Å². The Bertz CT molecular complexity index is 417. The molecule has 1 unspecified atom stereocenters. The number of anilines is 1. The summed E-state index contributed by atoms with van der Waals surface area (Å²) in [6, 6.07) is 4.85. The number of halogens is 1. The summed E-state index contributed by atoms with van der Waals surface area (Å²) in [7, 11) is 0. The normalized spacial score (nSPS) is 12.3. The Morgan fingerprint density at radius 3 is 2.56 bits per heavy atom. The molecule has 0 heterocycles. The van der Waals surface area contributed by atoms with Crippen molar-refractivity contribution in [2.45, 2.75) is 40.5 Å². The number of hydrogen-bond donors (Lipinski definition) is 0. The first-order chi connectivity index (χ1) is 8.51. The van der Waals surface area contributed by atoms with E-state index in [0.29, 0.717) is 12.1 Å². The summed E-state index contributed by atoms with van der Waals surface area (Å²) in [4.78, 5) is 14.1. The van der Waals surface area contributed by atoms with Gasteiger partial charge in [0.05, 0.1) is 0 Å². The summed E-state index contributed by atoms with van der Waals surface area (Å²) < 4.78 is 13.3. The summed E-state index contributed by atoms with van der Waals surface area (Å²) in [5.74, 6) is -0.113. The van der Waals surface area contributed by atoms with E-state index in [9.17, 15) is 9.18 Å². The average Bonchev–Trinajstić information content (AvgIpc) is 2.37. The van der Waals surface area contributed by atoms with Crippen molar-refractivity contribution in [3.05, 3.63) is 29.6 Å². The van der Waals surface area contributed by atoms with Crippen molar-refractivity contribution in [3.8, 4) is 0 Å². The van der Waals surface area contributed by atoms with Gasteiger partial charge in [-0.25, -0.2) is 4.39 Å². The highest BCUT2D eigenvalue weighted by molar-refractivity contribution is 5.94. The molecule has 0 aromatic heterocycles. The number of hydrogen-bond acceptors (Lipinski definition) is 1. The molecule has 0 spiro atoms. The van der Waals surface area contributed by atoms with Crippen molar-refractivity contribution in [2.24, 2.45) is 5.92 Å². The van der Waals surface area contributed by atoms with E-state index in [1.165, 1.54) is 6.07 Å². The third-order valence-electron chi connectivity index (χ3n) is 3.20. The summed E-state index contributed by atoms with van der Waals surface area (Å²) in [6.45, 7) is 8.36. The van der Waals surface area contributed by atoms with Crippen molar-refractivity contribution >= 4 is 11.6 Å². The molecular formula is C15H22FNO. The Morgan fingerprint density at radius 1 is 1.39 bits per heavy atom. The molecule has 0 aliphatic rings. The molecule has 1 aromatic carbocycles. The smallest absolute Gasteiger partial charge is 0.229 e. The van der Waals surface area contributed by atoms with Crippen LogP contribution in [0.25, 0.3) is 0 Å². The van der Waals surface area contributed by atoms with E-state index in [0.717, 1.165) is 18.5 Å². The molecule has 18 heavy (non-hydrogen) atoms. The van der Waals surface area contributed by atoms with Gasteiger partial charge in [-0.1, -0.05) is 20.8 Å². The number of carbonyl (C=O) groups excluding carboxylic acids is 1. The third kappa shape index (κ3) is 3.31. The zero-order valence-electron chi connectivity index (χ0n) is 11.7. The van der Waals surface area contributed by atoms with Crippen molar-refractivity contribution in [1.82, 2.24) is 0 Å². The molecule has 0 fully saturated rings. The minimum Gasteiger partial charge on any atom is -0.312 e. The zero-order chi connectivity index (χ0) is 13.7. The molecule has 0 radical (unpaired) electrons. The molecule has 0 bridgehead atoms. The van der Waals surface area contributed by atoms with Gasteiger partial charge in [-0.05, 0) is 43.5 Å². The van der Waals surface area contributed by atoms with E-state index in [2.05, 4.69) is 0 Å². The van der Waals surface area contributed by atoms with Gasteiger partial charge < -0.3 is 4.90 Å². The SMILES string of the molecule is CCCN(C(=O)C(C)CC)c1ccc(F)c(C)c1. The number of aryl methyl sites for hydroxylation is 1. The van der Waals surface area contributed by atoms with E-state index < -0.39 is 0 Å². The fraction of sp³-hybridized carbons (Fsp3) is 0.533. The summed E-state index contributed by atoms with van der Waals surface area (Å²) >= 11 is 0. The molecule has 2 nitrogen and oxygen atoms in total. The molecule has 3 heteroatoms. The van der Waals surface area contributed by atoms with Gasteiger partial charge >= 0.3 is 0 Å². The van der Waals surface area contributed by atoms with Crippen LogP contribution in [0.15, 0.2) is 18.2 Å². The van der Waals surface area contributed by atoms with Gasteiger partial charge in [0.1, 0.15) is 5.82 Å². The Morgan fingerprint density at radius 2 is 2.06 bits per heavy atom. The van der Waals surface area contributed by atoms with Crippen LogP contribution in [0.5, 0.6) is 0 Å². The number of amides is 1. The molecule has 1 rings (SSSR count). The second-order valence-corrected chi connectivity index (χ2v) is 4.73. The third-order valence-corrected chi connectivity index (χ3v) is 3.20. The van der Waals surface area contributed by atoms with Gasteiger partial charge in [0, 0.05) is 18.2 Å². The molecular weight excluding hydrogens is 229 g/mol. The first-order valence-corrected chi connectivity index (χ1v) is 6.58. The number of carbonyl (C=O) groups is 1. The van der Waals surface area contributed by atoms with Crippen molar-refractivity contribution in [2.75, 3.05) is 11.4 Å². The molecule has 0 saturated heterocycles. The molecule has 100 valence electrons. The predicted molar refractivity (Wildman–Crippen MR) is 73.2 cm³/mol. The van der Waals surface area contributed by atoms with Crippen molar-refractivity contribution < 1.29 is 9.18 Å². The summed E-state index contributed by atoms with van der Waals surface area (Å²) in [6.07, 6.45) is 1.71. The zero-order valence-corrected chi connectivity index (χ0v) is 11.7. The van der Waals surface area contributed by atoms with Crippen LogP contribution >= 0.6 is 0 Å². The maximum atomic E-state index is 13.3. The molecule has 0 N–H and O–H groups in total. The van der Waals surface area contributed by atoms with Gasteiger partial charge in [0.2, 0.25) is 5.91 Å². The van der Waals surface area contributed by atoms with E-state index in [1.807, 2.05) is 20.8 Å². The maximum absolute atomic E-state index is 13.3. The van der Waals surface area contributed by atoms with E-state index in [1.54, 1.807) is 24.0 Å². The quantitative estimate of drug-likeness (QED) is 0.776. The second-order valence-electron chi connectivity index (χ2n) is 4.73. The van der Waals surface area contributed by atoms with Crippen LogP contribution in [-0.4, -0.2) is 12.5 Å². The lowest BCUT2D eigenvalue weighted by molar-refractivity contribution is -0.122. The van der Waals surface area contributed by atoms with Crippen LogP contribution in [0.2, 0.25) is 0 Å². The first kappa shape index (κ1) is 14.7. The second kappa shape index (κ2) is 6.53. The highest BCUT2D eigenvalue weighted by Gasteiger charge is 2.20. The van der Waals surface area contributed by atoms with Gasteiger partial charge in [0.25, 0.3) is 0 Å². The van der Waals surface area contributed by atoms with Gasteiger partial charge in [-0.15, -0.1) is 0 Å². The largest absolute Gasteiger partial charge is 0.312 e. The average molecular weight is 251 g/mol. The van der Waals surface area contributed by atoms with Gasteiger partial charge in [-0.2, -0.15) is 0 Å². The van der Waals surface area contributed by atoms with Gasteiger partial charge in [0.15, 0.2) is 0 Å². The topological polar surface area (TPSA) is 20.3 Å². The van der Waals surface area contributed by atoms with Crippen molar-refractivity contribution in [3.63, 3.8) is 0 Å². The Labute approximate surface area is 109 Å². The predicted octanol–water partition coefficient (Wildman–Crippen LogP) is 3.92. The fourth-order valence-corrected chi connectivity index (χ4v) is 1.83. The van der Waals surface area contributed by atoms with Crippen LogP contribution in [0, 0.1) is 18.7 Å². The monoisotopic (exact) mass is 251 g/mol. The standard InChI is InChI=1S/C15H22FNO/c1-5-9-17(15(18)11(3)6-2)13-7-8-14(16)12(4)10-13/h7-8,10-11H,5-6,9H2,1-4H3. The molecule has 1 aromatic rings.